The number of carbonyl (C=O) groups is 5. The number of aromatic nitrogens is 10. The number of aliphatic hydroxyl groups is 1. The highest BCUT2D eigenvalue weighted by Gasteiger charge is 2.41. The molecule has 3 fully saturated rings. The average Bonchev–Trinajstić information content (AvgIpc) is 1.43. The molecule has 0 spiro atoms. The van der Waals surface area contributed by atoms with E-state index < -0.39 is 53.2 Å². The van der Waals surface area contributed by atoms with E-state index in [0.717, 1.165) is 132 Å². The largest absolute Gasteiger partial charge is 0.573 e. The first-order valence-electron chi connectivity index (χ1n) is 46.6. The highest BCUT2D eigenvalue weighted by molar-refractivity contribution is 5.97. The zero-order chi connectivity index (χ0) is 104. The Balaban J connectivity index is 0.000000142. The summed E-state index contributed by atoms with van der Waals surface area (Å²) in [4.78, 5) is 89.0. The molecule has 3 aliphatic rings. The van der Waals surface area contributed by atoms with Crippen LogP contribution in [0.3, 0.4) is 0 Å². The van der Waals surface area contributed by atoms with Gasteiger partial charge in [-0.25, -0.2) is 51.7 Å². The maximum atomic E-state index is 14.3. The van der Waals surface area contributed by atoms with E-state index in [1.165, 1.54) is 53.1 Å². The maximum Gasteiger partial charge on any atom is 0.573 e. The summed E-state index contributed by atoms with van der Waals surface area (Å²) in [5, 5.41) is 25.1. The monoisotopic (exact) mass is 1970 g/mol. The van der Waals surface area contributed by atoms with Gasteiger partial charge in [-0.2, -0.15) is 0 Å². The van der Waals surface area contributed by atoms with Crippen molar-refractivity contribution in [1.29, 1.82) is 0 Å². The molecule has 24 nitrogen and oxygen atoms in total. The van der Waals surface area contributed by atoms with Gasteiger partial charge >= 0.3 is 12.7 Å². The Bertz CT molecular complexity index is 7350. The van der Waals surface area contributed by atoms with Gasteiger partial charge in [-0.05, 0) is 264 Å². The lowest BCUT2D eigenvalue weighted by atomic mass is 9.68. The number of amides is 5. The molecule has 10 aromatic carbocycles. The Morgan fingerprint density at radius 2 is 0.734 bits per heavy atom. The van der Waals surface area contributed by atoms with Gasteiger partial charge < -0.3 is 19.1 Å². The summed E-state index contributed by atoms with van der Waals surface area (Å²) in [6.45, 7) is 36.6. The topological polar surface area (TPSA) is 278 Å². The van der Waals surface area contributed by atoms with E-state index in [1.54, 1.807) is 38.8 Å². The molecule has 18 rings (SSSR count). The van der Waals surface area contributed by atoms with Crippen molar-refractivity contribution in [2.45, 2.75) is 218 Å². The van der Waals surface area contributed by atoms with E-state index in [-0.39, 0.29) is 105 Å². The van der Waals surface area contributed by atoms with Gasteiger partial charge in [-0.3, -0.25) is 68.8 Å². The predicted octanol–water partition coefficient (Wildman–Crippen LogP) is 26.6. The van der Waals surface area contributed by atoms with Crippen molar-refractivity contribution in [1.82, 2.24) is 47.8 Å². The predicted molar refractivity (Wildman–Crippen MR) is 530 cm³/mol. The summed E-state index contributed by atoms with van der Waals surface area (Å²) in [5.74, 6) is -5.20. The molecular weight excluding hydrogens is 1860 g/mol. The van der Waals surface area contributed by atoms with Gasteiger partial charge in [0.15, 0.2) is 28.9 Å². The lowest BCUT2D eigenvalue weighted by molar-refractivity contribution is -0.276. The standard InChI is InChI=1S/C24H26N4O2.C22H22F3N3O2.C21H21F4N3O2.C21H21F2N3O.C20H21F2N3O/c1-16-6-8-17(9-7-16)24(3,30)15-21(29)27-22-26-19-11-10-18(25-4)14-20(19)28(22)23(2)12-5-13-23;1-14-4-9-17-18(12-14)28(15-5-7-16(8-6-15)30-22(23,24)25)20(26-17)27-19(29)13-21(2)10-3-11-21;1-12-5-7-15-16(9-12)28(19(26-15)27-18(29)11-20(2,3)4)13-6-8-17(14(22)10-13)30-21(23,24)25;1-13-4-5-17-18(8-13)26(16-10-14(22)9-15(23)11-16)20(24-17)25-19(27)12-21(2)6-3-7-21;1-12-5-8-16-17(9-12)25(13-6-7-14(21)15(22)10-13)19(23-16)24-18(26)11-20(2,3)4/h6-11,14,30H,5,12-13,15H2,1-3H3,(H,26,27,29);4-9,12H,3,10-11,13H2,1-2H3,(H,26,27,29);5-10H,11H2,1-4H3,(H,26,27,29);4-5,8-11H,3,6-7,12H2,1-2H3,(H,24,25,27);5-10H,11H2,1-4H3,(H,23,24,26)/t24-;;;;/m0..../s1. The second-order valence-electron chi connectivity index (χ2n) is 40.6. The fourth-order valence-electron chi connectivity index (χ4n) is 17.5. The molecule has 5 heterocycles. The van der Waals surface area contributed by atoms with Crippen molar-refractivity contribution in [3.8, 4) is 34.2 Å². The van der Waals surface area contributed by atoms with Crippen LogP contribution < -0.4 is 36.1 Å². The van der Waals surface area contributed by atoms with E-state index in [1.807, 2.05) is 173 Å². The molecule has 35 heteroatoms. The van der Waals surface area contributed by atoms with Crippen LogP contribution in [0.1, 0.15) is 193 Å². The van der Waals surface area contributed by atoms with E-state index in [9.17, 15) is 77.4 Å². The molecule has 5 amide bonds. The average molecular weight is 1970 g/mol. The Hall–Kier alpha value is -14.8. The minimum atomic E-state index is -5.01. The van der Waals surface area contributed by atoms with Crippen molar-refractivity contribution in [2.24, 2.45) is 21.7 Å². The molecule has 6 N–H and O–H groups in total. The number of anilines is 5. The normalized spacial score (nSPS) is 14.5. The van der Waals surface area contributed by atoms with Crippen LogP contribution in [0, 0.1) is 91.9 Å². The molecule has 5 aromatic heterocycles. The summed E-state index contributed by atoms with van der Waals surface area (Å²) in [6.07, 6.45) is 1.01. The first kappa shape index (κ1) is 104. The number of hydrogen-bond donors (Lipinski definition) is 6. The van der Waals surface area contributed by atoms with Crippen molar-refractivity contribution in [3.05, 3.63) is 268 Å². The van der Waals surface area contributed by atoms with Gasteiger partial charge in [0.05, 0.1) is 90.8 Å². The van der Waals surface area contributed by atoms with Crippen LogP contribution in [0.15, 0.2) is 194 Å². The van der Waals surface area contributed by atoms with Gasteiger partial charge in [0.2, 0.25) is 59.3 Å². The van der Waals surface area contributed by atoms with Crippen LogP contribution in [0.25, 0.3) is 82.8 Å². The summed E-state index contributed by atoms with van der Waals surface area (Å²) >= 11 is 0. The third-order valence-corrected chi connectivity index (χ3v) is 25.1. The summed E-state index contributed by atoms with van der Waals surface area (Å²) in [6, 6.07) is 50.7. The number of carbonyl (C=O) groups excluding carboxylic acids is 5. The highest BCUT2D eigenvalue weighted by atomic mass is 19.4. The molecule has 3 saturated carbocycles. The number of aryl methyl sites for hydroxylation is 5. The summed E-state index contributed by atoms with van der Waals surface area (Å²) in [7, 11) is 0. The summed E-state index contributed by atoms with van der Waals surface area (Å²) in [5.41, 5.74) is 12.7. The molecule has 0 bridgehead atoms. The Kier molecular flexibility index (Phi) is 30.1. The minimum absolute atomic E-state index is 0.0219. The summed E-state index contributed by atoms with van der Waals surface area (Å²) < 4.78 is 160. The number of nitrogens with zero attached hydrogens (tertiary/aromatic N) is 11. The van der Waals surface area contributed by atoms with Crippen LogP contribution in [-0.2, 0) is 35.1 Å². The molecule has 0 unspecified atom stereocenters. The van der Waals surface area contributed by atoms with Gasteiger partial charge in [0.1, 0.15) is 17.4 Å². The Morgan fingerprint density at radius 3 is 1.12 bits per heavy atom. The highest BCUT2D eigenvalue weighted by Crippen LogP contribution is 2.47. The number of ether oxygens (including phenoxy) is 2. The zero-order valence-corrected chi connectivity index (χ0v) is 81.8. The van der Waals surface area contributed by atoms with Crippen LogP contribution in [0.2, 0.25) is 0 Å². The third kappa shape index (κ3) is 25.9. The number of imidazole rings is 5. The second kappa shape index (κ2) is 41.4. The SMILES string of the molecule is Cc1ccc2nc(NC(=O)CC(C)(C)C)n(-c3ccc(F)c(F)c3)c2c1.Cc1ccc2nc(NC(=O)CC(C)(C)C)n(-c3ccc(OC(F)(F)F)c(F)c3)c2c1.Cc1ccc2nc(NC(=O)CC3(C)CCC3)n(-c3cc(F)cc(F)c3)c2c1.Cc1ccc2nc(NC(=O)CC3(C)CCC3)n(-c3ccc(OC(F)(F)F)cc3)c2c1.[C-]#[N+]c1ccc2nc(NC(=O)C[C@](C)(O)c3ccc(C)cc3)n(C3(C)CCC3)c2c1. The molecule has 0 saturated heterocycles. The zero-order valence-electron chi connectivity index (χ0n) is 81.8. The molecule has 0 radical (unpaired) electrons. The van der Waals surface area contributed by atoms with Gasteiger partial charge in [0, 0.05) is 55.1 Å². The molecule has 15 aromatic rings. The number of nitrogens with one attached hydrogen (secondary N) is 5. The first-order valence-corrected chi connectivity index (χ1v) is 46.6. The van der Waals surface area contributed by atoms with Gasteiger partial charge in [-0.15, -0.1) is 26.3 Å². The van der Waals surface area contributed by atoms with Crippen molar-refractivity contribution < 1.29 is 86.8 Å². The van der Waals surface area contributed by atoms with Crippen molar-refractivity contribution >= 4 is 120 Å². The fourth-order valence-corrected chi connectivity index (χ4v) is 17.5. The molecule has 0 aliphatic heterocycles. The number of benzene rings is 10. The number of fused-ring (bicyclic) bond motifs is 5. The third-order valence-electron chi connectivity index (χ3n) is 25.1. The lowest BCUT2D eigenvalue weighted by Crippen LogP contribution is -2.38. The number of halogens is 11. The van der Waals surface area contributed by atoms with E-state index in [2.05, 4.69) is 91.2 Å². The van der Waals surface area contributed by atoms with Gasteiger partial charge in [-0.1, -0.05) is 128 Å². The fraction of sp³-hybridized carbons (Fsp3) is 0.343. The maximum absolute atomic E-state index is 14.3. The first-order chi connectivity index (χ1) is 67.1. The molecule has 143 heavy (non-hydrogen) atoms. The minimum Gasteiger partial charge on any atom is -0.406 e. The Morgan fingerprint density at radius 1 is 0.378 bits per heavy atom. The van der Waals surface area contributed by atoms with E-state index in [4.69, 9.17) is 6.57 Å². The smallest absolute Gasteiger partial charge is 0.406 e. The van der Waals surface area contributed by atoms with E-state index in [0.29, 0.717) is 92.4 Å². The number of hydrogen-bond acceptors (Lipinski definition) is 13. The molecule has 748 valence electrons. The Labute approximate surface area is 818 Å². The lowest BCUT2D eigenvalue weighted by Gasteiger charge is -2.41. The molecular formula is C108H111F11N16O8. The van der Waals surface area contributed by atoms with Crippen molar-refractivity contribution in [3.63, 3.8) is 0 Å². The molecule has 1 atom stereocenters. The van der Waals surface area contributed by atoms with E-state index >= 15 is 0 Å². The second-order valence-corrected chi connectivity index (χ2v) is 40.6. The van der Waals surface area contributed by atoms with Crippen molar-refractivity contribution in [2.75, 3.05) is 26.6 Å². The molecule has 3 aliphatic carbocycles. The van der Waals surface area contributed by atoms with Crippen LogP contribution in [0.4, 0.5) is 83.7 Å². The number of rotatable bonds is 21. The quantitative estimate of drug-likeness (QED) is 0.0289. The van der Waals surface area contributed by atoms with Crippen LogP contribution >= 0.6 is 0 Å². The van der Waals surface area contributed by atoms with Gasteiger partial charge in [0.25, 0.3) is 0 Å². The number of alkyl halides is 6. The van der Waals surface area contributed by atoms with Crippen LogP contribution in [0.5, 0.6) is 11.5 Å². The van der Waals surface area contributed by atoms with Crippen LogP contribution in [-0.4, -0.2) is 95.1 Å².